The van der Waals surface area contributed by atoms with Gasteiger partial charge in [0.25, 0.3) is 0 Å². The molecule has 60 valence electrons. The second kappa shape index (κ2) is 4.07. The minimum Gasteiger partial charge on any atom is -0.455 e. The molecule has 1 heterocycles. The van der Waals surface area contributed by atoms with Crippen molar-refractivity contribution in [3.8, 4) is 0 Å². The number of carbonyl (C=O) groups excluding carboxylic acids is 1. The maximum absolute atomic E-state index is 10.7. The summed E-state index contributed by atoms with van der Waals surface area (Å²) in [5.41, 5.74) is 0. The SMILES string of the molecule is O=C1C=CC[C@@H](C=C(Br)Br)O1. The smallest absolute Gasteiger partial charge is 0.331 e. The predicted molar refractivity (Wildman–Crippen MR) is 49.6 cm³/mol. The van der Waals surface area contributed by atoms with Gasteiger partial charge in [0, 0.05) is 12.5 Å². The van der Waals surface area contributed by atoms with E-state index in [1.165, 1.54) is 6.08 Å². The van der Waals surface area contributed by atoms with Crippen molar-refractivity contribution in [3.63, 3.8) is 0 Å². The van der Waals surface area contributed by atoms with Crippen LogP contribution in [0.15, 0.2) is 21.6 Å². The summed E-state index contributed by atoms with van der Waals surface area (Å²) in [4.78, 5) is 10.7. The van der Waals surface area contributed by atoms with E-state index in [-0.39, 0.29) is 12.1 Å². The number of esters is 1. The van der Waals surface area contributed by atoms with Crippen LogP contribution in [0, 0.1) is 0 Å². The molecule has 4 heteroatoms. The molecule has 0 radical (unpaired) electrons. The maximum atomic E-state index is 10.7. The molecule has 1 aliphatic rings. The molecule has 0 unspecified atom stereocenters. The Morgan fingerprint density at radius 2 is 2.45 bits per heavy atom. The minimum absolute atomic E-state index is 0.138. The standard InChI is InChI=1S/C7H6Br2O2/c8-6(9)4-5-2-1-3-7(10)11-5/h1,3-5H,2H2/t5-/m0/s1. The Kier molecular flexibility index (Phi) is 3.33. The van der Waals surface area contributed by atoms with Crippen molar-refractivity contribution in [3.05, 3.63) is 21.6 Å². The molecule has 11 heavy (non-hydrogen) atoms. The van der Waals surface area contributed by atoms with Crippen LogP contribution in [0.3, 0.4) is 0 Å². The van der Waals surface area contributed by atoms with Crippen molar-refractivity contribution in [1.82, 2.24) is 0 Å². The summed E-state index contributed by atoms with van der Waals surface area (Å²) in [5.74, 6) is -0.279. The third-order valence-electron chi connectivity index (χ3n) is 1.20. The van der Waals surface area contributed by atoms with Crippen LogP contribution in [0.2, 0.25) is 0 Å². The van der Waals surface area contributed by atoms with Crippen molar-refractivity contribution in [2.45, 2.75) is 12.5 Å². The zero-order valence-electron chi connectivity index (χ0n) is 5.59. The zero-order chi connectivity index (χ0) is 8.27. The summed E-state index contributed by atoms with van der Waals surface area (Å²) in [6.07, 6.45) is 5.64. The van der Waals surface area contributed by atoms with Gasteiger partial charge in [0.15, 0.2) is 0 Å². The van der Waals surface area contributed by atoms with E-state index < -0.39 is 0 Å². The van der Waals surface area contributed by atoms with Crippen LogP contribution >= 0.6 is 31.9 Å². The Morgan fingerprint density at radius 3 is 3.00 bits per heavy atom. The Morgan fingerprint density at radius 1 is 1.73 bits per heavy atom. The van der Waals surface area contributed by atoms with Gasteiger partial charge in [-0.1, -0.05) is 6.08 Å². The van der Waals surface area contributed by atoms with Gasteiger partial charge in [0.1, 0.15) is 6.10 Å². The van der Waals surface area contributed by atoms with Gasteiger partial charge < -0.3 is 4.74 Å². The van der Waals surface area contributed by atoms with Gasteiger partial charge in [0.05, 0.1) is 3.39 Å². The van der Waals surface area contributed by atoms with Gasteiger partial charge in [-0.3, -0.25) is 0 Å². The van der Waals surface area contributed by atoms with Crippen molar-refractivity contribution < 1.29 is 9.53 Å². The lowest BCUT2D eigenvalue weighted by atomic mass is 10.2. The van der Waals surface area contributed by atoms with Crippen molar-refractivity contribution >= 4 is 37.8 Å². The third kappa shape index (κ3) is 3.20. The average molecular weight is 282 g/mol. The molecule has 0 N–H and O–H groups in total. The summed E-state index contributed by atoms with van der Waals surface area (Å²) in [6.45, 7) is 0. The second-order valence-corrected chi connectivity index (χ2v) is 4.84. The molecule has 2 nitrogen and oxygen atoms in total. The zero-order valence-corrected chi connectivity index (χ0v) is 8.76. The molecular formula is C7H6Br2O2. The molecule has 1 aliphatic heterocycles. The number of rotatable bonds is 1. The molecule has 1 atom stereocenters. The van der Waals surface area contributed by atoms with E-state index in [4.69, 9.17) is 4.74 Å². The number of hydrogen-bond donors (Lipinski definition) is 0. The molecule has 0 amide bonds. The fourth-order valence-corrected chi connectivity index (χ4v) is 1.37. The largest absolute Gasteiger partial charge is 0.455 e. The average Bonchev–Trinajstić information content (AvgIpc) is 1.85. The highest BCUT2D eigenvalue weighted by Crippen LogP contribution is 2.18. The summed E-state index contributed by atoms with van der Waals surface area (Å²) in [6, 6.07) is 0. The van der Waals surface area contributed by atoms with Crippen LogP contribution in [0.25, 0.3) is 0 Å². The first-order valence-electron chi connectivity index (χ1n) is 3.08. The molecule has 0 fully saturated rings. The lowest BCUT2D eigenvalue weighted by molar-refractivity contribution is -0.141. The number of hydrogen-bond acceptors (Lipinski definition) is 2. The van der Waals surface area contributed by atoms with E-state index in [0.717, 1.165) is 9.81 Å². The molecule has 1 rings (SSSR count). The third-order valence-corrected chi connectivity index (χ3v) is 1.73. The Balaban J connectivity index is 2.57. The molecule has 0 bridgehead atoms. The predicted octanol–water partition coefficient (Wildman–Crippen LogP) is 2.49. The van der Waals surface area contributed by atoms with E-state index >= 15 is 0 Å². The van der Waals surface area contributed by atoms with Gasteiger partial charge in [-0.15, -0.1) is 0 Å². The van der Waals surface area contributed by atoms with Gasteiger partial charge in [-0.05, 0) is 37.9 Å². The number of carbonyl (C=O) groups is 1. The molecular weight excluding hydrogens is 276 g/mol. The summed E-state index contributed by atoms with van der Waals surface area (Å²) in [5, 5.41) is 0. The normalized spacial score (nSPS) is 22.7. The molecule has 0 saturated carbocycles. The second-order valence-electron chi connectivity index (χ2n) is 2.07. The van der Waals surface area contributed by atoms with Gasteiger partial charge in [-0.2, -0.15) is 0 Å². The molecule has 0 saturated heterocycles. The van der Waals surface area contributed by atoms with Gasteiger partial charge >= 0.3 is 5.97 Å². The van der Waals surface area contributed by atoms with Crippen LogP contribution in [-0.2, 0) is 9.53 Å². The molecule has 0 aliphatic carbocycles. The molecule has 0 aromatic carbocycles. The van der Waals surface area contributed by atoms with Crippen LogP contribution in [0.1, 0.15) is 6.42 Å². The first kappa shape index (κ1) is 9.00. The highest BCUT2D eigenvalue weighted by atomic mass is 79.9. The highest BCUT2D eigenvalue weighted by molar-refractivity contribution is 9.28. The van der Waals surface area contributed by atoms with Crippen LogP contribution < -0.4 is 0 Å². The van der Waals surface area contributed by atoms with Crippen molar-refractivity contribution in [1.29, 1.82) is 0 Å². The number of cyclic esters (lactones) is 1. The van der Waals surface area contributed by atoms with Crippen LogP contribution in [0.5, 0.6) is 0 Å². The van der Waals surface area contributed by atoms with E-state index in [2.05, 4.69) is 31.9 Å². The first-order valence-corrected chi connectivity index (χ1v) is 4.67. The Hall–Kier alpha value is -0.0900. The summed E-state index contributed by atoms with van der Waals surface area (Å²) < 4.78 is 5.74. The fourth-order valence-electron chi connectivity index (χ4n) is 0.778. The number of ether oxygens (including phenoxy) is 1. The van der Waals surface area contributed by atoms with E-state index in [9.17, 15) is 4.79 Å². The molecule has 0 spiro atoms. The minimum atomic E-state index is -0.279. The molecule has 0 aromatic heterocycles. The van der Waals surface area contributed by atoms with Gasteiger partial charge in [-0.25, -0.2) is 4.79 Å². The van der Waals surface area contributed by atoms with Crippen LogP contribution in [0.4, 0.5) is 0 Å². The van der Waals surface area contributed by atoms with E-state index in [1.54, 1.807) is 12.2 Å². The topological polar surface area (TPSA) is 26.3 Å². The lowest BCUT2D eigenvalue weighted by Crippen LogP contribution is -2.17. The highest BCUT2D eigenvalue weighted by Gasteiger charge is 2.12. The maximum Gasteiger partial charge on any atom is 0.331 e. The van der Waals surface area contributed by atoms with Crippen molar-refractivity contribution in [2.75, 3.05) is 0 Å². The summed E-state index contributed by atoms with van der Waals surface area (Å²) in [7, 11) is 0. The lowest BCUT2D eigenvalue weighted by Gasteiger charge is -2.14. The monoisotopic (exact) mass is 280 g/mol. The Labute approximate surface area is 81.6 Å². The summed E-state index contributed by atoms with van der Waals surface area (Å²) >= 11 is 6.38. The fraction of sp³-hybridized carbons (Fsp3) is 0.286. The Bertz CT molecular complexity index is 216. The first-order chi connectivity index (χ1) is 5.18. The van der Waals surface area contributed by atoms with E-state index in [1.807, 2.05) is 0 Å². The quantitative estimate of drug-likeness (QED) is 0.691. The van der Waals surface area contributed by atoms with Gasteiger partial charge in [0.2, 0.25) is 0 Å². The number of halogens is 2. The molecule has 0 aromatic rings. The van der Waals surface area contributed by atoms with Crippen LogP contribution in [-0.4, -0.2) is 12.1 Å². The van der Waals surface area contributed by atoms with E-state index in [0.29, 0.717) is 0 Å². The van der Waals surface area contributed by atoms with Crippen molar-refractivity contribution in [2.24, 2.45) is 0 Å².